The second-order valence-corrected chi connectivity index (χ2v) is 5.59. The number of carbonyl (C=O) groups is 1. The molecule has 0 bridgehead atoms. The van der Waals surface area contributed by atoms with E-state index >= 15 is 0 Å². The molecular formula is C11H12BrClFNO. The molecule has 0 N–H and O–H groups in total. The summed E-state index contributed by atoms with van der Waals surface area (Å²) in [6, 6.07) is 3.95. The molecule has 0 aliphatic rings. The molecule has 1 aromatic carbocycles. The number of halogens is 3. The lowest BCUT2D eigenvalue weighted by molar-refractivity contribution is 0.0793. The minimum atomic E-state index is -0.552. The molecule has 0 spiro atoms. The van der Waals surface area contributed by atoms with Gasteiger partial charge in [0.1, 0.15) is 5.82 Å². The molecule has 16 heavy (non-hydrogen) atoms. The van der Waals surface area contributed by atoms with Gasteiger partial charge in [-0.3, -0.25) is 4.79 Å². The van der Waals surface area contributed by atoms with Gasteiger partial charge in [-0.2, -0.15) is 0 Å². The molecule has 0 saturated carbocycles. The molecule has 1 aromatic rings. The molecule has 5 heteroatoms. The van der Waals surface area contributed by atoms with Crippen molar-refractivity contribution >= 4 is 33.4 Å². The summed E-state index contributed by atoms with van der Waals surface area (Å²) >= 11 is 9.06. The molecule has 0 fully saturated rings. The fourth-order valence-corrected chi connectivity index (χ4v) is 1.93. The fourth-order valence-electron chi connectivity index (χ4n) is 1.33. The van der Waals surface area contributed by atoms with Gasteiger partial charge in [0.05, 0.1) is 5.56 Å². The van der Waals surface area contributed by atoms with Crippen molar-refractivity contribution in [2.24, 2.45) is 0 Å². The summed E-state index contributed by atoms with van der Waals surface area (Å²) in [7, 11) is 1.63. The molecule has 88 valence electrons. The number of carbonyl (C=O) groups excluding carboxylic acids is 1. The van der Waals surface area contributed by atoms with Gasteiger partial charge in [0.2, 0.25) is 0 Å². The minimum Gasteiger partial charge on any atom is -0.341 e. The van der Waals surface area contributed by atoms with Gasteiger partial charge in [0.25, 0.3) is 5.91 Å². The zero-order chi connectivity index (χ0) is 12.3. The number of rotatable bonds is 3. The lowest BCUT2D eigenvalue weighted by Gasteiger charge is -2.19. The summed E-state index contributed by atoms with van der Waals surface area (Å²) in [6.45, 7) is 2.42. The normalized spacial score (nSPS) is 12.3. The van der Waals surface area contributed by atoms with Crippen LogP contribution in [0.4, 0.5) is 4.39 Å². The first kappa shape index (κ1) is 13.5. The minimum absolute atomic E-state index is 0.00292. The molecular weight excluding hydrogens is 296 g/mol. The van der Waals surface area contributed by atoms with Crippen molar-refractivity contribution in [1.82, 2.24) is 4.90 Å². The molecule has 1 amide bonds. The van der Waals surface area contributed by atoms with Crippen molar-refractivity contribution in [2.75, 3.05) is 13.6 Å². The van der Waals surface area contributed by atoms with Gasteiger partial charge in [-0.05, 0) is 18.2 Å². The third-order valence-corrected chi connectivity index (χ3v) is 2.56. The molecule has 0 aliphatic heterocycles. The van der Waals surface area contributed by atoms with Gasteiger partial charge in [0.15, 0.2) is 0 Å². The van der Waals surface area contributed by atoms with Crippen LogP contribution in [0.25, 0.3) is 0 Å². The largest absolute Gasteiger partial charge is 0.341 e. The molecule has 1 unspecified atom stereocenters. The van der Waals surface area contributed by atoms with Crippen LogP contribution in [0.2, 0.25) is 5.02 Å². The maximum atomic E-state index is 13.4. The fraction of sp³-hybridized carbons (Fsp3) is 0.364. The molecule has 2 nitrogen and oxygen atoms in total. The van der Waals surface area contributed by atoms with Gasteiger partial charge >= 0.3 is 0 Å². The molecule has 0 heterocycles. The summed E-state index contributed by atoms with van der Waals surface area (Å²) in [5, 5.41) is 0.352. The van der Waals surface area contributed by atoms with Crippen LogP contribution >= 0.6 is 27.5 Å². The van der Waals surface area contributed by atoms with E-state index in [2.05, 4.69) is 15.9 Å². The highest BCUT2D eigenvalue weighted by atomic mass is 79.9. The van der Waals surface area contributed by atoms with Crippen molar-refractivity contribution in [2.45, 2.75) is 11.8 Å². The lowest BCUT2D eigenvalue weighted by Crippen LogP contribution is -2.31. The summed E-state index contributed by atoms with van der Waals surface area (Å²) in [5.74, 6) is -0.922. The summed E-state index contributed by atoms with van der Waals surface area (Å²) in [4.78, 5) is 13.5. The Morgan fingerprint density at radius 3 is 2.81 bits per heavy atom. The maximum absolute atomic E-state index is 13.4. The first-order chi connectivity index (χ1) is 7.41. The summed E-state index contributed by atoms with van der Waals surface area (Å²) < 4.78 is 13.4. The van der Waals surface area contributed by atoms with Gasteiger partial charge in [-0.25, -0.2) is 4.39 Å². The van der Waals surface area contributed by atoms with Gasteiger partial charge in [0, 0.05) is 23.4 Å². The van der Waals surface area contributed by atoms with Crippen LogP contribution in [-0.2, 0) is 0 Å². The second-order valence-electron chi connectivity index (χ2n) is 3.59. The topological polar surface area (TPSA) is 20.3 Å². The Labute approximate surface area is 108 Å². The SMILES string of the molecule is CC(Br)CN(C)C(=O)c1cc(Cl)ccc1F. The van der Waals surface area contributed by atoms with Crippen LogP contribution in [0, 0.1) is 5.82 Å². The molecule has 1 rings (SSSR count). The van der Waals surface area contributed by atoms with E-state index in [-0.39, 0.29) is 16.3 Å². The van der Waals surface area contributed by atoms with E-state index in [9.17, 15) is 9.18 Å². The first-order valence-corrected chi connectivity index (χ1v) is 6.05. The van der Waals surface area contributed by atoms with Crippen molar-refractivity contribution in [3.8, 4) is 0 Å². The van der Waals surface area contributed by atoms with Crippen LogP contribution in [0.5, 0.6) is 0 Å². The van der Waals surface area contributed by atoms with E-state index < -0.39 is 5.82 Å². The summed E-state index contributed by atoms with van der Waals surface area (Å²) in [5.41, 5.74) is 0.00292. The van der Waals surface area contributed by atoms with E-state index in [1.54, 1.807) is 7.05 Å². The van der Waals surface area contributed by atoms with Crippen molar-refractivity contribution in [1.29, 1.82) is 0 Å². The Morgan fingerprint density at radius 2 is 2.25 bits per heavy atom. The van der Waals surface area contributed by atoms with E-state index in [1.165, 1.54) is 23.1 Å². The number of alkyl halides is 1. The van der Waals surface area contributed by atoms with Crippen molar-refractivity contribution in [3.63, 3.8) is 0 Å². The highest BCUT2D eigenvalue weighted by Crippen LogP contribution is 2.16. The maximum Gasteiger partial charge on any atom is 0.256 e. The predicted octanol–water partition coefficient (Wildman–Crippen LogP) is 3.33. The Hall–Kier alpha value is -0.610. The smallest absolute Gasteiger partial charge is 0.256 e. The van der Waals surface area contributed by atoms with Crippen LogP contribution in [0.15, 0.2) is 18.2 Å². The van der Waals surface area contributed by atoms with Crippen LogP contribution in [0.1, 0.15) is 17.3 Å². The zero-order valence-corrected chi connectivity index (χ0v) is 11.3. The quantitative estimate of drug-likeness (QED) is 0.784. The monoisotopic (exact) mass is 307 g/mol. The van der Waals surface area contributed by atoms with Crippen LogP contribution in [0.3, 0.4) is 0 Å². The average molecular weight is 309 g/mol. The Morgan fingerprint density at radius 1 is 1.62 bits per heavy atom. The predicted molar refractivity (Wildman–Crippen MR) is 66.8 cm³/mol. The van der Waals surface area contributed by atoms with Gasteiger partial charge in [-0.1, -0.05) is 34.5 Å². The molecule has 0 radical (unpaired) electrons. The summed E-state index contributed by atoms with van der Waals surface area (Å²) in [6.07, 6.45) is 0. The molecule has 0 saturated heterocycles. The standard InChI is InChI=1S/C11H12BrClFNO/c1-7(12)6-15(2)11(16)9-5-8(13)3-4-10(9)14/h3-5,7H,6H2,1-2H3. The number of nitrogens with zero attached hydrogens (tertiary/aromatic N) is 1. The van der Waals surface area contributed by atoms with Crippen LogP contribution in [-0.4, -0.2) is 29.2 Å². The van der Waals surface area contributed by atoms with E-state index in [0.717, 1.165) is 0 Å². The van der Waals surface area contributed by atoms with Crippen molar-refractivity contribution in [3.05, 3.63) is 34.6 Å². The Bertz CT molecular complexity index is 398. The molecule has 0 aliphatic carbocycles. The Balaban J connectivity index is 2.91. The zero-order valence-electron chi connectivity index (χ0n) is 9.01. The van der Waals surface area contributed by atoms with E-state index in [0.29, 0.717) is 11.6 Å². The molecule has 1 atom stereocenters. The number of hydrogen-bond acceptors (Lipinski definition) is 1. The number of hydrogen-bond donors (Lipinski definition) is 0. The first-order valence-electron chi connectivity index (χ1n) is 4.76. The lowest BCUT2D eigenvalue weighted by atomic mass is 10.2. The average Bonchev–Trinajstić information content (AvgIpc) is 2.19. The molecule has 0 aromatic heterocycles. The van der Waals surface area contributed by atoms with Gasteiger partial charge in [-0.15, -0.1) is 0 Å². The van der Waals surface area contributed by atoms with Crippen LogP contribution < -0.4 is 0 Å². The van der Waals surface area contributed by atoms with Crippen molar-refractivity contribution < 1.29 is 9.18 Å². The second kappa shape index (κ2) is 5.64. The van der Waals surface area contributed by atoms with E-state index in [4.69, 9.17) is 11.6 Å². The third kappa shape index (κ3) is 3.46. The number of benzene rings is 1. The highest BCUT2D eigenvalue weighted by Gasteiger charge is 2.17. The Kier molecular flexibility index (Phi) is 4.74. The van der Waals surface area contributed by atoms with E-state index in [1.807, 2.05) is 6.92 Å². The van der Waals surface area contributed by atoms with Gasteiger partial charge < -0.3 is 4.90 Å². The third-order valence-electron chi connectivity index (χ3n) is 2.03. The number of amides is 1. The highest BCUT2D eigenvalue weighted by molar-refractivity contribution is 9.09.